The van der Waals surface area contributed by atoms with Crippen molar-refractivity contribution in [3.8, 4) is 0 Å². The SMILES string of the molecule is CCNC(=O)CCN1CCCCC1CCO. The summed E-state index contributed by atoms with van der Waals surface area (Å²) in [4.78, 5) is 13.7. The Labute approximate surface area is 98.0 Å². The molecule has 0 bridgehead atoms. The molecule has 4 heteroatoms. The van der Waals surface area contributed by atoms with Crippen molar-refractivity contribution in [2.45, 2.75) is 45.1 Å². The van der Waals surface area contributed by atoms with E-state index in [1.54, 1.807) is 0 Å². The third kappa shape index (κ3) is 4.49. The van der Waals surface area contributed by atoms with Gasteiger partial charge in [0.25, 0.3) is 0 Å². The van der Waals surface area contributed by atoms with Gasteiger partial charge in [-0.15, -0.1) is 0 Å². The van der Waals surface area contributed by atoms with E-state index in [9.17, 15) is 4.79 Å². The van der Waals surface area contributed by atoms with Crippen LogP contribution in [0.5, 0.6) is 0 Å². The van der Waals surface area contributed by atoms with Crippen molar-refractivity contribution < 1.29 is 9.90 Å². The van der Waals surface area contributed by atoms with E-state index in [1.807, 2.05) is 6.92 Å². The summed E-state index contributed by atoms with van der Waals surface area (Å²) in [6, 6.07) is 0.480. The summed E-state index contributed by atoms with van der Waals surface area (Å²) in [5.41, 5.74) is 0. The summed E-state index contributed by atoms with van der Waals surface area (Å²) in [5, 5.41) is 11.8. The molecule has 0 aliphatic carbocycles. The van der Waals surface area contributed by atoms with E-state index in [2.05, 4.69) is 10.2 Å². The van der Waals surface area contributed by atoms with Gasteiger partial charge in [0.2, 0.25) is 5.91 Å². The quantitative estimate of drug-likeness (QED) is 0.705. The zero-order chi connectivity index (χ0) is 11.8. The van der Waals surface area contributed by atoms with Gasteiger partial charge < -0.3 is 10.4 Å². The number of nitrogens with zero attached hydrogens (tertiary/aromatic N) is 1. The van der Waals surface area contributed by atoms with Crippen LogP contribution in [0.15, 0.2) is 0 Å². The molecule has 1 rings (SSSR count). The van der Waals surface area contributed by atoms with Gasteiger partial charge in [-0.25, -0.2) is 0 Å². The van der Waals surface area contributed by atoms with E-state index in [-0.39, 0.29) is 12.5 Å². The molecule has 1 amide bonds. The lowest BCUT2D eigenvalue weighted by Crippen LogP contribution is -2.42. The summed E-state index contributed by atoms with van der Waals surface area (Å²) in [6.45, 7) is 4.80. The molecule has 4 nitrogen and oxygen atoms in total. The number of likely N-dealkylation sites (tertiary alicyclic amines) is 1. The van der Waals surface area contributed by atoms with Gasteiger partial charge in [-0.3, -0.25) is 9.69 Å². The number of aliphatic hydroxyl groups excluding tert-OH is 1. The van der Waals surface area contributed by atoms with Crippen molar-refractivity contribution in [2.24, 2.45) is 0 Å². The average molecular weight is 228 g/mol. The normalized spacial score (nSPS) is 22.0. The fraction of sp³-hybridized carbons (Fsp3) is 0.917. The van der Waals surface area contributed by atoms with Gasteiger partial charge in [0.05, 0.1) is 0 Å². The van der Waals surface area contributed by atoms with Gasteiger partial charge in [-0.2, -0.15) is 0 Å². The molecule has 16 heavy (non-hydrogen) atoms. The number of piperidine rings is 1. The fourth-order valence-electron chi connectivity index (χ4n) is 2.36. The first-order chi connectivity index (χ1) is 7.77. The number of nitrogens with one attached hydrogen (secondary N) is 1. The lowest BCUT2D eigenvalue weighted by atomic mass is 9.99. The van der Waals surface area contributed by atoms with Crippen LogP contribution < -0.4 is 5.32 Å². The molecule has 1 aliphatic rings. The monoisotopic (exact) mass is 228 g/mol. The van der Waals surface area contributed by atoms with E-state index >= 15 is 0 Å². The Bertz CT molecular complexity index is 207. The van der Waals surface area contributed by atoms with Gasteiger partial charge >= 0.3 is 0 Å². The van der Waals surface area contributed by atoms with Crippen molar-refractivity contribution in [1.82, 2.24) is 10.2 Å². The predicted molar refractivity (Wildman–Crippen MR) is 64.2 cm³/mol. The number of carbonyl (C=O) groups is 1. The van der Waals surface area contributed by atoms with Crippen molar-refractivity contribution in [1.29, 1.82) is 0 Å². The van der Waals surface area contributed by atoms with E-state index < -0.39 is 0 Å². The highest BCUT2D eigenvalue weighted by Crippen LogP contribution is 2.19. The van der Waals surface area contributed by atoms with Crippen molar-refractivity contribution in [2.75, 3.05) is 26.2 Å². The zero-order valence-corrected chi connectivity index (χ0v) is 10.2. The number of rotatable bonds is 6. The van der Waals surface area contributed by atoms with Crippen LogP contribution in [0.2, 0.25) is 0 Å². The van der Waals surface area contributed by atoms with Crippen LogP contribution in [-0.4, -0.2) is 48.2 Å². The number of hydrogen-bond acceptors (Lipinski definition) is 3. The zero-order valence-electron chi connectivity index (χ0n) is 10.2. The molecule has 0 saturated carbocycles. The van der Waals surface area contributed by atoms with Gasteiger partial charge in [0.15, 0.2) is 0 Å². The standard InChI is InChI=1S/C12H24N2O2/c1-2-13-12(16)6-9-14-8-4-3-5-11(14)7-10-15/h11,15H,2-10H2,1H3,(H,13,16). The second kappa shape index (κ2) is 7.63. The second-order valence-electron chi connectivity index (χ2n) is 4.40. The lowest BCUT2D eigenvalue weighted by molar-refractivity contribution is -0.121. The maximum Gasteiger partial charge on any atom is 0.221 e. The topological polar surface area (TPSA) is 52.6 Å². The molecular formula is C12H24N2O2. The Hall–Kier alpha value is -0.610. The summed E-state index contributed by atoms with van der Waals surface area (Å²) in [5.74, 6) is 0.135. The van der Waals surface area contributed by atoms with Gasteiger partial charge in [0, 0.05) is 32.2 Å². The largest absolute Gasteiger partial charge is 0.396 e. The third-order valence-corrected chi connectivity index (χ3v) is 3.21. The van der Waals surface area contributed by atoms with E-state index in [0.717, 1.165) is 25.9 Å². The van der Waals surface area contributed by atoms with Crippen LogP contribution in [0.25, 0.3) is 0 Å². The maximum atomic E-state index is 11.4. The van der Waals surface area contributed by atoms with E-state index in [0.29, 0.717) is 19.0 Å². The van der Waals surface area contributed by atoms with Gasteiger partial charge in [0.1, 0.15) is 0 Å². The second-order valence-corrected chi connectivity index (χ2v) is 4.40. The summed E-state index contributed by atoms with van der Waals surface area (Å²) in [7, 11) is 0. The molecule has 0 spiro atoms. The molecule has 94 valence electrons. The molecule has 0 aromatic carbocycles. The van der Waals surface area contributed by atoms with Gasteiger partial charge in [-0.05, 0) is 32.7 Å². The maximum absolute atomic E-state index is 11.4. The average Bonchev–Trinajstić information content (AvgIpc) is 2.29. The molecule has 1 unspecified atom stereocenters. The Morgan fingerprint density at radius 2 is 2.31 bits per heavy atom. The summed E-state index contributed by atoms with van der Waals surface area (Å²) >= 11 is 0. The molecule has 1 atom stereocenters. The Morgan fingerprint density at radius 3 is 3.00 bits per heavy atom. The minimum absolute atomic E-state index is 0.135. The Kier molecular flexibility index (Phi) is 6.42. The van der Waals surface area contributed by atoms with Crippen LogP contribution in [0, 0.1) is 0 Å². The lowest BCUT2D eigenvalue weighted by Gasteiger charge is -2.35. The van der Waals surface area contributed by atoms with Crippen LogP contribution in [0.3, 0.4) is 0 Å². The molecule has 1 saturated heterocycles. The number of hydrogen-bond donors (Lipinski definition) is 2. The number of amides is 1. The molecule has 0 aromatic heterocycles. The number of carbonyl (C=O) groups excluding carboxylic acids is 1. The smallest absolute Gasteiger partial charge is 0.221 e. The molecule has 1 fully saturated rings. The van der Waals surface area contributed by atoms with Crippen LogP contribution in [0.1, 0.15) is 39.0 Å². The Morgan fingerprint density at radius 1 is 1.50 bits per heavy atom. The number of aliphatic hydroxyl groups is 1. The highest BCUT2D eigenvalue weighted by Gasteiger charge is 2.21. The summed E-state index contributed by atoms with van der Waals surface area (Å²) in [6.07, 6.45) is 5.06. The first kappa shape index (κ1) is 13.5. The molecule has 2 N–H and O–H groups in total. The van der Waals surface area contributed by atoms with Crippen molar-refractivity contribution >= 4 is 5.91 Å². The first-order valence-electron chi connectivity index (χ1n) is 6.39. The highest BCUT2D eigenvalue weighted by molar-refractivity contribution is 5.75. The molecule has 0 aromatic rings. The van der Waals surface area contributed by atoms with Gasteiger partial charge in [-0.1, -0.05) is 6.42 Å². The van der Waals surface area contributed by atoms with Crippen molar-refractivity contribution in [3.63, 3.8) is 0 Å². The molecule has 1 heterocycles. The molecule has 0 radical (unpaired) electrons. The summed E-state index contributed by atoms with van der Waals surface area (Å²) < 4.78 is 0. The van der Waals surface area contributed by atoms with Crippen LogP contribution in [0.4, 0.5) is 0 Å². The predicted octanol–water partition coefficient (Wildman–Crippen LogP) is 0.749. The molecule has 1 aliphatic heterocycles. The van der Waals surface area contributed by atoms with E-state index in [1.165, 1.54) is 12.8 Å². The minimum Gasteiger partial charge on any atom is -0.396 e. The van der Waals surface area contributed by atoms with Crippen molar-refractivity contribution in [3.05, 3.63) is 0 Å². The minimum atomic E-state index is 0.135. The van der Waals surface area contributed by atoms with Crippen LogP contribution in [-0.2, 0) is 4.79 Å². The third-order valence-electron chi connectivity index (χ3n) is 3.21. The first-order valence-corrected chi connectivity index (χ1v) is 6.39. The Balaban J connectivity index is 2.29. The molecular weight excluding hydrogens is 204 g/mol. The fourth-order valence-corrected chi connectivity index (χ4v) is 2.36. The van der Waals surface area contributed by atoms with E-state index in [4.69, 9.17) is 5.11 Å². The van der Waals surface area contributed by atoms with Crippen LogP contribution >= 0.6 is 0 Å². The highest BCUT2D eigenvalue weighted by atomic mass is 16.3.